The van der Waals surface area contributed by atoms with Gasteiger partial charge < -0.3 is 15.0 Å². The van der Waals surface area contributed by atoms with E-state index in [1.54, 1.807) is 11.8 Å². The summed E-state index contributed by atoms with van der Waals surface area (Å²) >= 11 is 0. The number of hydrogen-bond donors (Lipinski definition) is 1. The van der Waals surface area contributed by atoms with Crippen molar-refractivity contribution in [3.63, 3.8) is 0 Å². The second-order valence-corrected chi connectivity index (χ2v) is 7.37. The summed E-state index contributed by atoms with van der Waals surface area (Å²) in [6, 6.07) is 1.82. The number of likely N-dealkylation sites (tertiary alicyclic amines) is 1. The number of amides is 2. The summed E-state index contributed by atoms with van der Waals surface area (Å²) in [5.74, 6) is 0.323. The third-order valence-corrected chi connectivity index (χ3v) is 5.46. The Balaban J connectivity index is 1.63. The predicted molar refractivity (Wildman–Crippen MR) is 93.2 cm³/mol. The van der Waals surface area contributed by atoms with Crippen LogP contribution < -0.4 is 5.32 Å². The molecule has 2 amide bonds. The average Bonchev–Trinajstić information content (AvgIpc) is 3.39. The molecule has 0 bridgehead atoms. The first kappa shape index (κ1) is 17.9. The molecular weight excluding hydrogens is 320 g/mol. The minimum Gasteiger partial charge on any atom is -0.385 e. The number of carbonyl (C=O) groups excluding carboxylic acids is 2. The van der Waals surface area contributed by atoms with Crippen molar-refractivity contribution in [1.29, 1.82) is 0 Å². The van der Waals surface area contributed by atoms with Gasteiger partial charge in [0.15, 0.2) is 5.69 Å². The van der Waals surface area contributed by atoms with E-state index in [4.69, 9.17) is 4.74 Å². The number of nitrogens with zero attached hydrogens (tertiary/aromatic N) is 3. The molecule has 1 aromatic rings. The van der Waals surface area contributed by atoms with E-state index >= 15 is 0 Å². The molecule has 1 aliphatic carbocycles. The van der Waals surface area contributed by atoms with Crippen LogP contribution in [-0.2, 0) is 16.6 Å². The van der Waals surface area contributed by atoms with Gasteiger partial charge in [0.05, 0.1) is 0 Å². The maximum atomic E-state index is 12.7. The zero-order valence-electron chi connectivity index (χ0n) is 15.4. The molecule has 1 aromatic heterocycles. The van der Waals surface area contributed by atoms with Gasteiger partial charge in [-0.25, -0.2) is 0 Å². The summed E-state index contributed by atoms with van der Waals surface area (Å²) in [6.07, 6.45) is 4.29. The molecule has 1 N–H and O–H groups in total. The van der Waals surface area contributed by atoms with Crippen LogP contribution in [0.25, 0.3) is 0 Å². The highest BCUT2D eigenvalue weighted by Crippen LogP contribution is 2.32. The molecule has 7 nitrogen and oxygen atoms in total. The minimum absolute atomic E-state index is 0.0300. The number of nitrogens with one attached hydrogen (secondary N) is 1. The van der Waals surface area contributed by atoms with Crippen molar-refractivity contribution in [3.8, 4) is 0 Å². The number of hydrogen-bond acceptors (Lipinski definition) is 4. The molecule has 0 radical (unpaired) electrons. The molecule has 1 saturated carbocycles. The fraction of sp³-hybridized carbons (Fsp3) is 0.722. The predicted octanol–water partition coefficient (Wildman–Crippen LogP) is 1.27. The molecule has 2 heterocycles. The normalized spacial score (nSPS) is 19.7. The third-order valence-electron chi connectivity index (χ3n) is 5.46. The van der Waals surface area contributed by atoms with Gasteiger partial charge >= 0.3 is 0 Å². The Morgan fingerprint density at radius 1 is 1.36 bits per heavy atom. The van der Waals surface area contributed by atoms with Gasteiger partial charge in [0.1, 0.15) is 0 Å². The zero-order valence-corrected chi connectivity index (χ0v) is 15.4. The van der Waals surface area contributed by atoms with Crippen molar-refractivity contribution < 1.29 is 14.3 Å². The van der Waals surface area contributed by atoms with Crippen LogP contribution in [0.5, 0.6) is 0 Å². The molecule has 25 heavy (non-hydrogen) atoms. The third kappa shape index (κ3) is 4.03. The van der Waals surface area contributed by atoms with Crippen molar-refractivity contribution in [2.24, 2.45) is 13.0 Å². The number of rotatable bonds is 6. The fourth-order valence-corrected chi connectivity index (χ4v) is 3.41. The van der Waals surface area contributed by atoms with E-state index in [1.165, 1.54) is 0 Å². The topological polar surface area (TPSA) is 76.5 Å². The van der Waals surface area contributed by atoms with E-state index in [-0.39, 0.29) is 23.3 Å². The Morgan fingerprint density at radius 3 is 2.56 bits per heavy atom. The molecule has 0 spiro atoms. The summed E-state index contributed by atoms with van der Waals surface area (Å²) in [6.45, 7) is 3.80. The van der Waals surface area contributed by atoms with Crippen LogP contribution in [0.3, 0.4) is 0 Å². The molecule has 0 aromatic carbocycles. The van der Waals surface area contributed by atoms with Crippen molar-refractivity contribution in [2.45, 2.75) is 44.6 Å². The van der Waals surface area contributed by atoms with Gasteiger partial charge in [0, 0.05) is 51.0 Å². The van der Waals surface area contributed by atoms with Crippen LogP contribution in [0.4, 0.5) is 0 Å². The van der Waals surface area contributed by atoms with Crippen LogP contribution in [0.2, 0.25) is 0 Å². The van der Waals surface area contributed by atoms with Gasteiger partial charge in [-0.3, -0.25) is 14.3 Å². The van der Waals surface area contributed by atoms with Gasteiger partial charge in [-0.15, -0.1) is 0 Å². The first-order valence-electron chi connectivity index (χ1n) is 9.05. The number of aromatic nitrogens is 2. The first-order chi connectivity index (χ1) is 11.9. The molecular formula is C18H28N4O3. The molecule has 0 unspecified atom stereocenters. The van der Waals surface area contributed by atoms with Gasteiger partial charge in [-0.1, -0.05) is 0 Å². The SMILES string of the molecule is COCCC1(NC(=O)C2CC2)CCN(C(=O)c2cc(C)n(C)n2)CC1. The minimum atomic E-state index is -0.257. The summed E-state index contributed by atoms with van der Waals surface area (Å²) in [5.41, 5.74) is 1.20. The zero-order chi connectivity index (χ0) is 18.0. The maximum absolute atomic E-state index is 12.7. The van der Waals surface area contributed by atoms with E-state index in [0.29, 0.717) is 25.4 Å². The summed E-state index contributed by atoms with van der Waals surface area (Å²) in [5, 5.41) is 7.55. The lowest BCUT2D eigenvalue weighted by Gasteiger charge is -2.42. The Hall–Kier alpha value is -1.89. The largest absolute Gasteiger partial charge is 0.385 e. The van der Waals surface area contributed by atoms with Crippen molar-refractivity contribution in [3.05, 3.63) is 17.5 Å². The number of aryl methyl sites for hydroxylation is 2. The van der Waals surface area contributed by atoms with Crippen LogP contribution in [0, 0.1) is 12.8 Å². The van der Waals surface area contributed by atoms with E-state index in [2.05, 4.69) is 10.4 Å². The van der Waals surface area contributed by atoms with E-state index in [0.717, 1.165) is 37.8 Å². The lowest BCUT2D eigenvalue weighted by atomic mass is 9.84. The van der Waals surface area contributed by atoms with Gasteiger partial charge in [0.25, 0.3) is 5.91 Å². The molecule has 2 aliphatic rings. The monoisotopic (exact) mass is 348 g/mol. The summed E-state index contributed by atoms with van der Waals surface area (Å²) in [7, 11) is 3.52. The van der Waals surface area contributed by atoms with Gasteiger partial charge in [0.2, 0.25) is 5.91 Å². The Labute approximate surface area is 148 Å². The van der Waals surface area contributed by atoms with Crippen molar-refractivity contribution in [1.82, 2.24) is 20.0 Å². The van der Waals surface area contributed by atoms with E-state index in [9.17, 15) is 9.59 Å². The highest BCUT2D eigenvalue weighted by atomic mass is 16.5. The molecule has 1 aliphatic heterocycles. The number of methoxy groups -OCH3 is 1. The fourth-order valence-electron chi connectivity index (χ4n) is 3.41. The van der Waals surface area contributed by atoms with Gasteiger partial charge in [-0.05, 0) is 45.1 Å². The lowest BCUT2D eigenvalue weighted by molar-refractivity contribution is -0.125. The second kappa shape index (κ2) is 7.15. The van der Waals surface area contributed by atoms with Crippen LogP contribution in [-0.4, -0.2) is 58.8 Å². The smallest absolute Gasteiger partial charge is 0.274 e. The molecule has 1 saturated heterocycles. The highest BCUT2D eigenvalue weighted by molar-refractivity contribution is 5.92. The highest BCUT2D eigenvalue weighted by Gasteiger charge is 2.40. The maximum Gasteiger partial charge on any atom is 0.274 e. The van der Waals surface area contributed by atoms with E-state index in [1.807, 2.05) is 24.9 Å². The quantitative estimate of drug-likeness (QED) is 0.840. The Morgan fingerprint density at radius 2 is 2.04 bits per heavy atom. The van der Waals surface area contributed by atoms with Crippen LogP contribution >= 0.6 is 0 Å². The Bertz CT molecular complexity index is 623. The number of carbonyl (C=O) groups is 2. The van der Waals surface area contributed by atoms with Gasteiger partial charge in [-0.2, -0.15) is 5.10 Å². The molecule has 7 heteroatoms. The molecule has 2 fully saturated rings. The molecule has 138 valence electrons. The molecule has 3 rings (SSSR count). The van der Waals surface area contributed by atoms with E-state index < -0.39 is 0 Å². The van der Waals surface area contributed by atoms with Crippen LogP contribution in [0.15, 0.2) is 6.07 Å². The number of piperidine rings is 1. The second-order valence-electron chi connectivity index (χ2n) is 7.37. The molecule has 0 atom stereocenters. The first-order valence-corrected chi connectivity index (χ1v) is 9.05. The number of ether oxygens (including phenoxy) is 1. The summed E-state index contributed by atoms with van der Waals surface area (Å²) in [4.78, 5) is 26.8. The van der Waals surface area contributed by atoms with Crippen molar-refractivity contribution in [2.75, 3.05) is 26.8 Å². The van der Waals surface area contributed by atoms with Crippen LogP contribution in [0.1, 0.15) is 48.3 Å². The lowest BCUT2D eigenvalue weighted by Crippen LogP contribution is -2.57. The Kier molecular flexibility index (Phi) is 5.13. The average molecular weight is 348 g/mol. The standard InChI is InChI=1S/C18H28N4O3/c1-13-12-15(20-21(13)2)17(24)22-9-6-18(7-10-22,8-11-25-3)19-16(23)14-4-5-14/h12,14H,4-11H2,1-3H3,(H,19,23). The van der Waals surface area contributed by atoms with Crippen molar-refractivity contribution >= 4 is 11.8 Å². The summed E-state index contributed by atoms with van der Waals surface area (Å²) < 4.78 is 6.96.